The first-order chi connectivity index (χ1) is 13.6. The van der Waals surface area contributed by atoms with Crippen molar-refractivity contribution < 1.29 is 18.7 Å². The lowest BCUT2D eigenvalue weighted by Gasteiger charge is -2.11. The SMILES string of the molecule is O=C(COC(=O)/C=C/c1ccco1)Nc1ccccc1Sc1ccc(Cl)cc1. The zero-order chi connectivity index (χ0) is 19.8. The molecular formula is C21H16ClNO4S. The first-order valence-corrected chi connectivity index (χ1v) is 9.50. The molecule has 7 heteroatoms. The van der Waals surface area contributed by atoms with Gasteiger partial charge in [0.25, 0.3) is 5.91 Å². The van der Waals surface area contributed by atoms with Crippen molar-refractivity contribution in [2.45, 2.75) is 9.79 Å². The van der Waals surface area contributed by atoms with Crippen molar-refractivity contribution in [1.29, 1.82) is 0 Å². The molecule has 1 N–H and O–H groups in total. The summed E-state index contributed by atoms with van der Waals surface area (Å²) in [5.41, 5.74) is 0.634. The van der Waals surface area contributed by atoms with Crippen molar-refractivity contribution in [1.82, 2.24) is 0 Å². The van der Waals surface area contributed by atoms with Crippen LogP contribution < -0.4 is 5.32 Å². The fourth-order valence-corrected chi connectivity index (χ4v) is 3.22. The number of carbonyl (C=O) groups is 2. The van der Waals surface area contributed by atoms with Gasteiger partial charge in [0.15, 0.2) is 6.61 Å². The minimum Gasteiger partial charge on any atom is -0.465 e. The first kappa shape index (κ1) is 19.8. The van der Waals surface area contributed by atoms with Crippen LogP contribution in [0.2, 0.25) is 5.02 Å². The molecule has 0 aliphatic rings. The van der Waals surface area contributed by atoms with Gasteiger partial charge in [0.05, 0.1) is 12.0 Å². The molecule has 0 radical (unpaired) electrons. The van der Waals surface area contributed by atoms with Gasteiger partial charge in [-0.2, -0.15) is 0 Å². The van der Waals surface area contributed by atoms with Gasteiger partial charge < -0.3 is 14.5 Å². The van der Waals surface area contributed by atoms with Gasteiger partial charge in [-0.1, -0.05) is 35.5 Å². The summed E-state index contributed by atoms with van der Waals surface area (Å²) in [5.74, 6) is -0.533. The van der Waals surface area contributed by atoms with E-state index in [1.807, 2.05) is 30.3 Å². The Bertz CT molecular complexity index is 968. The van der Waals surface area contributed by atoms with E-state index in [1.54, 1.807) is 30.3 Å². The van der Waals surface area contributed by atoms with E-state index in [9.17, 15) is 9.59 Å². The van der Waals surface area contributed by atoms with Crippen LogP contribution in [0.15, 0.2) is 87.2 Å². The van der Waals surface area contributed by atoms with E-state index < -0.39 is 11.9 Å². The fourth-order valence-electron chi connectivity index (χ4n) is 2.20. The molecule has 0 spiro atoms. The fraction of sp³-hybridized carbons (Fsp3) is 0.0476. The number of hydrogen-bond donors (Lipinski definition) is 1. The Morgan fingerprint density at radius 3 is 2.61 bits per heavy atom. The summed E-state index contributed by atoms with van der Waals surface area (Å²) in [5, 5.41) is 3.42. The van der Waals surface area contributed by atoms with Crippen molar-refractivity contribution in [2.75, 3.05) is 11.9 Å². The Morgan fingerprint density at radius 2 is 1.86 bits per heavy atom. The molecule has 2 aromatic carbocycles. The van der Waals surface area contributed by atoms with E-state index in [1.165, 1.54) is 30.2 Å². The molecule has 0 saturated heterocycles. The number of nitrogens with one attached hydrogen (secondary N) is 1. The molecule has 1 amide bonds. The van der Waals surface area contributed by atoms with Gasteiger partial charge in [-0.3, -0.25) is 4.79 Å². The van der Waals surface area contributed by atoms with Crippen LogP contribution in [-0.2, 0) is 14.3 Å². The van der Waals surface area contributed by atoms with Gasteiger partial charge in [0.2, 0.25) is 0 Å². The third-order valence-corrected chi connectivity index (χ3v) is 4.81. The largest absolute Gasteiger partial charge is 0.465 e. The number of amides is 1. The average molecular weight is 414 g/mol. The van der Waals surface area contributed by atoms with Crippen LogP contribution in [0.4, 0.5) is 5.69 Å². The van der Waals surface area contributed by atoms with Crippen LogP contribution in [0.25, 0.3) is 6.08 Å². The van der Waals surface area contributed by atoms with Gasteiger partial charge in [-0.05, 0) is 54.6 Å². The molecule has 3 aromatic rings. The number of halogens is 1. The second kappa shape index (κ2) is 9.82. The Kier molecular flexibility index (Phi) is 6.94. The average Bonchev–Trinajstić information content (AvgIpc) is 3.22. The van der Waals surface area contributed by atoms with Crippen LogP contribution in [0.5, 0.6) is 0 Å². The number of ether oxygens (including phenoxy) is 1. The maximum absolute atomic E-state index is 12.1. The minimum absolute atomic E-state index is 0.388. The summed E-state index contributed by atoms with van der Waals surface area (Å²) in [6, 6.07) is 18.2. The number of hydrogen-bond acceptors (Lipinski definition) is 5. The van der Waals surface area contributed by atoms with E-state index in [4.69, 9.17) is 20.8 Å². The van der Waals surface area contributed by atoms with Crippen molar-refractivity contribution in [2.24, 2.45) is 0 Å². The van der Waals surface area contributed by atoms with Crippen LogP contribution in [0.1, 0.15) is 5.76 Å². The molecule has 1 aromatic heterocycles. The number of furan rings is 1. The zero-order valence-corrected chi connectivity index (χ0v) is 16.2. The van der Waals surface area contributed by atoms with Crippen LogP contribution >= 0.6 is 23.4 Å². The summed E-state index contributed by atoms with van der Waals surface area (Å²) in [6.45, 7) is -0.388. The van der Waals surface area contributed by atoms with Crippen molar-refractivity contribution in [3.63, 3.8) is 0 Å². The lowest BCUT2D eigenvalue weighted by Crippen LogP contribution is -2.20. The molecule has 0 fully saturated rings. The molecular weight excluding hydrogens is 398 g/mol. The molecule has 5 nitrogen and oxygen atoms in total. The van der Waals surface area contributed by atoms with Gasteiger partial charge in [-0.25, -0.2) is 4.79 Å². The number of para-hydroxylation sites is 1. The highest BCUT2D eigenvalue weighted by molar-refractivity contribution is 7.99. The van der Waals surface area contributed by atoms with Crippen molar-refractivity contribution >= 4 is 47.0 Å². The number of esters is 1. The van der Waals surface area contributed by atoms with Gasteiger partial charge in [0.1, 0.15) is 5.76 Å². The van der Waals surface area contributed by atoms with Gasteiger partial charge in [-0.15, -0.1) is 0 Å². The summed E-state index contributed by atoms with van der Waals surface area (Å²) < 4.78 is 10.0. The predicted octanol–water partition coefficient (Wildman–Crippen LogP) is 5.28. The Balaban J connectivity index is 1.55. The van der Waals surface area contributed by atoms with E-state index in [0.717, 1.165) is 9.79 Å². The molecule has 0 aliphatic carbocycles. The summed E-state index contributed by atoms with van der Waals surface area (Å²) in [6.07, 6.45) is 4.17. The second-order valence-electron chi connectivity index (χ2n) is 5.56. The molecule has 142 valence electrons. The molecule has 0 atom stereocenters. The third-order valence-electron chi connectivity index (χ3n) is 3.47. The van der Waals surface area contributed by atoms with Crippen molar-refractivity contribution in [3.05, 3.63) is 83.8 Å². The third kappa shape index (κ3) is 6.04. The summed E-state index contributed by atoms with van der Waals surface area (Å²) in [4.78, 5) is 25.7. The monoisotopic (exact) mass is 413 g/mol. The normalized spacial score (nSPS) is 10.8. The van der Waals surface area contributed by atoms with E-state index in [-0.39, 0.29) is 6.61 Å². The molecule has 0 saturated carbocycles. The highest BCUT2D eigenvalue weighted by Gasteiger charge is 2.10. The summed E-state index contributed by atoms with van der Waals surface area (Å²) in [7, 11) is 0. The first-order valence-electron chi connectivity index (χ1n) is 8.31. The highest BCUT2D eigenvalue weighted by Crippen LogP contribution is 2.33. The molecule has 0 bridgehead atoms. The van der Waals surface area contributed by atoms with Gasteiger partial charge in [0, 0.05) is 20.9 Å². The van der Waals surface area contributed by atoms with E-state index in [0.29, 0.717) is 16.5 Å². The molecule has 3 rings (SSSR count). The molecule has 28 heavy (non-hydrogen) atoms. The second-order valence-corrected chi connectivity index (χ2v) is 7.11. The Hall–Kier alpha value is -2.96. The Morgan fingerprint density at radius 1 is 1.07 bits per heavy atom. The quantitative estimate of drug-likeness (QED) is 0.421. The number of rotatable bonds is 7. The van der Waals surface area contributed by atoms with Crippen LogP contribution in [0, 0.1) is 0 Å². The van der Waals surface area contributed by atoms with Gasteiger partial charge >= 0.3 is 5.97 Å². The Labute approximate surface area is 171 Å². The number of carbonyl (C=O) groups excluding carboxylic acids is 2. The van der Waals surface area contributed by atoms with E-state index >= 15 is 0 Å². The highest BCUT2D eigenvalue weighted by atomic mass is 35.5. The summed E-state index contributed by atoms with van der Waals surface area (Å²) >= 11 is 7.40. The number of anilines is 1. The van der Waals surface area contributed by atoms with Crippen LogP contribution in [-0.4, -0.2) is 18.5 Å². The standard InChI is InChI=1S/C21H16ClNO4S/c22-15-7-10-17(11-8-15)28-19-6-2-1-5-18(19)23-20(24)14-27-21(25)12-9-16-4-3-13-26-16/h1-13H,14H2,(H,23,24)/b12-9+. The lowest BCUT2D eigenvalue weighted by atomic mass is 10.3. The minimum atomic E-state index is -0.629. The topological polar surface area (TPSA) is 68.5 Å². The maximum Gasteiger partial charge on any atom is 0.331 e. The van der Waals surface area contributed by atoms with E-state index in [2.05, 4.69) is 5.32 Å². The number of benzene rings is 2. The maximum atomic E-state index is 12.1. The van der Waals surface area contributed by atoms with Crippen LogP contribution in [0.3, 0.4) is 0 Å². The zero-order valence-electron chi connectivity index (χ0n) is 14.6. The lowest BCUT2D eigenvalue weighted by molar-refractivity contribution is -0.142. The molecule has 0 unspecified atom stereocenters. The molecule has 0 aliphatic heterocycles. The molecule has 1 heterocycles. The predicted molar refractivity (Wildman–Crippen MR) is 109 cm³/mol. The van der Waals surface area contributed by atoms with Crippen molar-refractivity contribution in [3.8, 4) is 0 Å². The smallest absolute Gasteiger partial charge is 0.331 e.